The summed E-state index contributed by atoms with van der Waals surface area (Å²) < 4.78 is 13.3. The zero-order chi connectivity index (χ0) is 18.2. The Kier molecular flexibility index (Phi) is 3.85. The van der Waals surface area contributed by atoms with Crippen LogP contribution in [-0.2, 0) is 25.7 Å². The van der Waals surface area contributed by atoms with Gasteiger partial charge in [-0.1, -0.05) is 12.1 Å². The van der Waals surface area contributed by atoms with Crippen LogP contribution in [0.1, 0.15) is 22.5 Å². The van der Waals surface area contributed by atoms with Gasteiger partial charge < -0.3 is 0 Å². The Balaban J connectivity index is 1.57. The van der Waals surface area contributed by atoms with Crippen molar-refractivity contribution in [3.63, 3.8) is 0 Å². The monoisotopic (exact) mass is 356 g/mol. The summed E-state index contributed by atoms with van der Waals surface area (Å²) in [5.41, 5.74) is 8.10. The molecule has 0 aliphatic heterocycles. The highest BCUT2D eigenvalue weighted by molar-refractivity contribution is 5.74. The molecule has 0 saturated heterocycles. The minimum atomic E-state index is -0.249. The number of hydrogen-bond acceptors (Lipinski definition) is 4. The predicted octanol–water partition coefficient (Wildman–Crippen LogP) is 4.11. The lowest BCUT2D eigenvalue weighted by Crippen LogP contribution is -2.12. The molecule has 5 heteroatoms. The first-order valence-electron chi connectivity index (χ1n) is 9.12. The van der Waals surface area contributed by atoms with Gasteiger partial charge in [0.2, 0.25) is 0 Å². The van der Waals surface area contributed by atoms with Gasteiger partial charge in [0.15, 0.2) is 0 Å². The Morgan fingerprint density at radius 2 is 1.41 bits per heavy atom. The summed E-state index contributed by atoms with van der Waals surface area (Å²) >= 11 is 0. The highest BCUT2D eigenvalue weighted by Crippen LogP contribution is 2.28. The third-order valence-corrected chi connectivity index (χ3v) is 5.13. The molecule has 2 heterocycles. The molecular weight excluding hydrogens is 339 g/mol. The van der Waals surface area contributed by atoms with E-state index < -0.39 is 0 Å². The maximum atomic E-state index is 13.3. The third-order valence-electron chi connectivity index (χ3n) is 5.13. The fourth-order valence-corrected chi connectivity index (χ4v) is 3.75. The molecule has 0 amide bonds. The van der Waals surface area contributed by atoms with Crippen molar-refractivity contribution in [1.82, 2.24) is 20.2 Å². The van der Waals surface area contributed by atoms with Crippen LogP contribution >= 0.6 is 0 Å². The smallest absolute Gasteiger partial charge is 0.123 e. The minimum Gasteiger partial charge on any atom is -0.249 e. The fraction of sp³-hybridized carbons (Fsp3) is 0.182. The first-order valence-corrected chi connectivity index (χ1v) is 9.12. The lowest BCUT2D eigenvalue weighted by molar-refractivity contribution is 0.628. The van der Waals surface area contributed by atoms with Crippen LogP contribution in [-0.4, -0.2) is 20.2 Å². The van der Waals surface area contributed by atoms with Crippen LogP contribution in [0.2, 0.25) is 0 Å². The summed E-state index contributed by atoms with van der Waals surface area (Å²) in [7, 11) is 0. The van der Waals surface area contributed by atoms with Gasteiger partial charge in [0.05, 0.1) is 34.3 Å². The fourth-order valence-electron chi connectivity index (χ4n) is 3.75. The summed E-state index contributed by atoms with van der Waals surface area (Å²) in [6.07, 6.45) is 5.15. The topological polar surface area (TPSA) is 51.6 Å². The van der Waals surface area contributed by atoms with Crippen LogP contribution in [0.25, 0.3) is 22.3 Å². The SMILES string of the molecule is Fc1ccc(-c2nncc3c2CCc2nc4ccccc4nc2CC3)cc1. The summed E-state index contributed by atoms with van der Waals surface area (Å²) in [5.74, 6) is -0.249. The predicted molar refractivity (Wildman–Crippen MR) is 102 cm³/mol. The average molecular weight is 356 g/mol. The van der Waals surface area contributed by atoms with Crippen LogP contribution < -0.4 is 0 Å². The molecule has 0 bridgehead atoms. The number of para-hydroxylation sites is 2. The number of nitrogens with zero attached hydrogens (tertiary/aromatic N) is 4. The second kappa shape index (κ2) is 6.50. The van der Waals surface area contributed by atoms with Crippen molar-refractivity contribution in [2.75, 3.05) is 0 Å². The van der Waals surface area contributed by atoms with Gasteiger partial charge in [-0.05, 0) is 73.2 Å². The molecule has 27 heavy (non-hydrogen) atoms. The number of hydrogen-bond donors (Lipinski definition) is 0. The maximum absolute atomic E-state index is 13.3. The Morgan fingerprint density at radius 3 is 2.11 bits per heavy atom. The van der Waals surface area contributed by atoms with Gasteiger partial charge in [-0.25, -0.2) is 14.4 Å². The van der Waals surface area contributed by atoms with Crippen molar-refractivity contribution in [3.8, 4) is 11.3 Å². The van der Waals surface area contributed by atoms with Crippen molar-refractivity contribution in [2.45, 2.75) is 25.7 Å². The molecule has 0 radical (unpaired) electrons. The van der Waals surface area contributed by atoms with Crippen LogP contribution in [0.5, 0.6) is 0 Å². The Morgan fingerprint density at radius 1 is 0.741 bits per heavy atom. The van der Waals surface area contributed by atoms with Crippen LogP contribution in [0.4, 0.5) is 4.39 Å². The number of rotatable bonds is 1. The van der Waals surface area contributed by atoms with Crippen molar-refractivity contribution in [2.24, 2.45) is 0 Å². The standard InChI is InChI=1S/C22H17FN4/c23-16-8-5-14(6-9-16)22-17-10-12-21-20(11-7-15(17)13-24-27-22)25-18-3-1-2-4-19(18)26-21/h1-6,8-9,13H,7,10-12H2. The van der Waals surface area contributed by atoms with E-state index in [0.29, 0.717) is 0 Å². The van der Waals surface area contributed by atoms with E-state index in [-0.39, 0.29) is 5.82 Å². The van der Waals surface area contributed by atoms with E-state index >= 15 is 0 Å². The van der Waals surface area contributed by atoms with Crippen LogP contribution in [0.15, 0.2) is 54.7 Å². The summed E-state index contributed by atoms with van der Waals surface area (Å²) in [6.45, 7) is 0. The minimum absolute atomic E-state index is 0.249. The van der Waals surface area contributed by atoms with Gasteiger partial charge in [-0.3, -0.25) is 0 Å². The molecule has 0 atom stereocenters. The molecule has 1 aliphatic rings. The molecule has 2 aromatic carbocycles. The molecular formula is C22H17FN4. The summed E-state index contributed by atoms with van der Waals surface area (Å²) in [5, 5.41) is 8.56. The molecule has 4 aromatic rings. The van der Waals surface area contributed by atoms with Crippen molar-refractivity contribution in [3.05, 3.63) is 83.1 Å². The second-order valence-electron chi connectivity index (χ2n) is 6.81. The summed E-state index contributed by atoms with van der Waals surface area (Å²) in [6, 6.07) is 14.5. The Hall–Kier alpha value is -3.21. The first kappa shape index (κ1) is 16.0. The van der Waals surface area contributed by atoms with E-state index in [1.807, 2.05) is 30.5 Å². The molecule has 0 unspecified atom stereocenters. The van der Waals surface area contributed by atoms with Crippen molar-refractivity contribution < 1.29 is 4.39 Å². The number of fused-ring (bicyclic) bond motifs is 3. The van der Waals surface area contributed by atoms with Gasteiger partial charge in [0.1, 0.15) is 5.82 Å². The Bertz CT molecular complexity index is 1140. The molecule has 0 saturated carbocycles. The molecule has 5 rings (SSSR count). The van der Waals surface area contributed by atoms with Gasteiger partial charge in [-0.2, -0.15) is 10.2 Å². The first-order chi connectivity index (χ1) is 13.3. The second-order valence-corrected chi connectivity index (χ2v) is 6.81. The van der Waals surface area contributed by atoms with Crippen molar-refractivity contribution >= 4 is 11.0 Å². The third kappa shape index (κ3) is 2.95. The molecule has 1 aliphatic carbocycles. The average Bonchev–Trinajstić information content (AvgIpc) is 2.69. The van der Waals surface area contributed by atoms with Gasteiger partial charge in [0.25, 0.3) is 0 Å². The van der Waals surface area contributed by atoms with E-state index in [4.69, 9.17) is 9.97 Å². The van der Waals surface area contributed by atoms with Crippen LogP contribution in [0, 0.1) is 5.82 Å². The highest BCUT2D eigenvalue weighted by atomic mass is 19.1. The largest absolute Gasteiger partial charge is 0.249 e. The molecule has 0 spiro atoms. The van der Waals surface area contributed by atoms with E-state index in [9.17, 15) is 4.39 Å². The molecule has 2 aromatic heterocycles. The highest BCUT2D eigenvalue weighted by Gasteiger charge is 2.19. The van der Waals surface area contributed by atoms with Crippen molar-refractivity contribution in [1.29, 1.82) is 0 Å². The van der Waals surface area contributed by atoms with E-state index in [0.717, 1.165) is 59.4 Å². The van der Waals surface area contributed by atoms with E-state index in [2.05, 4.69) is 10.2 Å². The Labute approximate surface area is 156 Å². The summed E-state index contributed by atoms with van der Waals surface area (Å²) in [4.78, 5) is 9.70. The quantitative estimate of drug-likeness (QED) is 0.515. The maximum Gasteiger partial charge on any atom is 0.123 e. The zero-order valence-electron chi connectivity index (χ0n) is 14.7. The van der Waals surface area contributed by atoms with Gasteiger partial charge in [-0.15, -0.1) is 0 Å². The number of aryl methyl sites for hydroxylation is 3. The van der Waals surface area contributed by atoms with E-state index in [1.54, 1.807) is 12.1 Å². The molecule has 4 nitrogen and oxygen atoms in total. The number of benzene rings is 2. The number of halogens is 1. The van der Waals surface area contributed by atoms with Gasteiger partial charge >= 0.3 is 0 Å². The lowest BCUT2D eigenvalue weighted by atomic mass is 9.91. The van der Waals surface area contributed by atoms with E-state index in [1.165, 1.54) is 23.3 Å². The molecule has 132 valence electrons. The molecule has 0 fully saturated rings. The zero-order valence-corrected chi connectivity index (χ0v) is 14.7. The van der Waals surface area contributed by atoms with Gasteiger partial charge in [0, 0.05) is 5.56 Å². The van der Waals surface area contributed by atoms with Crippen LogP contribution in [0.3, 0.4) is 0 Å². The molecule has 0 N–H and O–H groups in total. The number of aromatic nitrogens is 4. The normalized spacial score (nSPS) is 13.5. The lowest BCUT2D eigenvalue weighted by Gasteiger charge is -2.18.